The summed E-state index contributed by atoms with van der Waals surface area (Å²) in [6, 6.07) is 2.90. The van der Waals surface area contributed by atoms with Gasteiger partial charge in [-0.1, -0.05) is 19.0 Å². The number of phenolic OH excluding ortho intramolecular Hbond substituents is 2. The molecule has 2 heterocycles. The molecule has 1 amide bonds. The average molecular weight is 356 g/mol. The molecule has 0 aliphatic heterocycles. The molecule has 8 heteroatoms. The summed E-state index contributed by atoms with van der Waals surface area (Å²) in [7, 11) is 0. The number of nitrogens with zero attached hydrogens (tertiary/aromatic N) is 2. The molecule has 0 saturated heterocycles. The predicted molar refractivity (Wildman–Crippen MR) is 94.9 cm³/mol. The zero-order valence-corrected chi connectivity index (χ0v) is 14.7. The summed E-state index contributed by atoms with van der Waals surface area (Å²) in [4.78, 5) is 12.4. The Morgan fingerprint density at radius 2 is 2.08 bits per heavy atom. The van der Waals surface area contributed by atoms with Gasteiger partial charge in [-0.25, -0.2) is 0 Å². The maximum atomic E-state index is 12.4. The average Bonchev–Trinajstić information content (AvgIpc) is 3.23. The van der Waals surface area contributed by atoms with Crippen LogP contribution in [-0.4, -0.2) is 38.0 Å². The number of benzene rings is 1. The largest absolute Gasteiger partial charge is 0.508 e. The molecule has 0 fully saturated rings. The van der Waals surface area contributed by atoms with E-state index in [0.29, 0.717) is 28.8 Å². The van der Waals surface area contributed by atoms with Crippen molar-refractivity contribution >= 4 is 5.91 Å². The molecule has 0 aliphatic carbocycles. The van der Waals surface area contributed by atoms with Crippen molar-refractivity contribution in [1.82, 2.24) is 20.7 Å². The molecule has 3 rings (SSSR count). The van der Waals surface area contributed by atoms with E-state index in [0.717, 1.165) is 0 Å². The summed E-state index contributed by atoms with van der Waals surface area (Å²) in [5.41, 5.74) is 2.10. The molecule has 8 nitrogen and oxygen atoms in total. The lowest BCUT2D eigenvalue weighted by molar-refractivity contribution is 0.0947. The molecule has 1 aromatic carbocycles. The number of carbonyl (C=O) groups is 1. The molecule has 0 unspecified atom stereocenters. The Bertz CT molecular complexity index is 929. The Balaban J connectivity index is 2.24. The van der Waals surface area contributed by atoms with Gasteiger partial charge in [-0.05, 0) is 24.5 Å². The standard InChI is InChI=1S/C18H20N4O4/c1-4-19-18(25)16-15(10-7-20-21-8-10)17(26-22-16)12-5-11(9(2)3)13(23)6-14(12)24/h5-9,23-24H,4H2,1-3H3,(H,19,25)(H,20,21). The first-order chi connectivity index (χ1) is 12.4. The van der Waals surface area contributed by atoms with E-state index in [2.05, 4.69) is 20.7 Å². The van der Waals surface area contributed by atoms with Gasteiger partial charge in [-0.2, -0.15) is 5.10 Å². The summed E-state index contributed by atoms with van der Waals surface area (Å²) < 4.78 is 5.43. The van der Waals surface area contributed by atoms with Gasteiger partial charge in [0.2, 0.25) is 0 Å². The Hall–Kier alpha value is -3.29. The Morgan fingerprint density at radius 3 is 2.69 bits per heavy atom. The van der Waals surface area contributed by atoms with Crippen LogP contribution >= 0.6 is 0 Å². The van der Waals surface area contributed by atoms with Gasteiger partial charge in [0, 0.05) is 24.4 Å². The third kappa shape index (κ3) is 3.01. The van der Waals surface area contributed by atoms with Gasteiger partial charge in [-0.15, -0.1) is 0 Å². The fraction of sp³-hybridized carbons (Fsp3) is 0.278. The maximum absolute atomic E-state index is 12.4. The SMILES string of the molecule is CCNC(=O)c1noc(-c2cc(C(C)C)c(O)cc2O)c1-c1cn[nH]c1. The highest BCUT2D eigenvalue weighted by molar-refractivity contribution is 6.02. The first-order valence-electron chi connectivity index (χ1n) is 8.27. The van der Waals surface area contributed by atoms with Gasteiger partial charge in [0.1, 0.15) is 11.5 Å². The number of rotatable bonds is 5. The minimum Gasteiger partial charge on any atom is -0.508 e. The Kier molecular flexibility index (Phi) is 4.66. The van der Waals surface area contributed by atoms with Gasteiger partial charge in [0.25, 0.3) is 5.91 Å². The molecule has 0 spiro atoms. The predicted octanol–water partition coefficient (Wildman–Crippen LogP) is 3.02. The zero-order chi connectivity index (χ0) is 18.8. The second-order valence-electron chi connectivity index (χ2n) is 6.16. The number of hydrogen-bond donors (Lipinski definition) is 4. The van der Waals surface area contributed by atoms with Crippen molar-refractivity contribution in [2.75, 3.05) is 6.54 Å². The minimum absolute atomic E-state index is 0.00502. The quantitative estimate of drug-likeness (QED) is 0.557. The van der Waals surface area contributed by atoms with Crippen LogP contribution in [0.4, 0.5) is 0 Å². The monoisotopic (exact) mass is 356 g/mol. The summed E-state index contributed by atoms with van der Waals surface area (Å²) in [6.45, 7) is 6.09. The molecule has 3 aromatic rings. The lowest BCUT2D eigenvalue weighted by atomic mass is 9.95. The van der Waals surface area contributed by atoms with Crippen LogP contribution in [0.25, 0.3) is 22.5 Å². The second kappa shape index (κ2) is 6.91. The van der Waals surface area contributed by atoms with Crippen molar-refractivity contribution in [3.63, 3.8) is 0 Å². The number of aromatic hydroxyl groups is 2. The summed E-state index contributed by atoms with van der Waals surface area (Å²) in [5.74, 6) is -0.310. The molecule has 26 heavy (non-hydrogen) atoms. The smallest absolute Gasteiger partial charge is 0.274 e. The second-order valence-corrected chi connectivity index (χ2v) is 6.16. The molecule has 136 valence electrons. The van der Waals surface area contributed by atoms with E-state index < -0.39 is 0 Å². The van der Waals surface area contributed by atoms with Crippen molar-refractivity contribution in [2.24, 2.45) is 0 Å². The van der Waals surface area contributed by atoms with Crippen molar-refractivity contribution in [1.29, 1.82) is 0 Å². The molecule has 0 radical (unpaired) electrons. The van der Waals surface area contributed by atoms with Gasteiger partial charge < -0.3 is 20.1 Å². The van der Waals surface area contributed by atoms with E-state index in [4.69, 9.17) is 4.52 Å². The van der Waals surface area contributed by atoms with Crippen molar-refractivity contribution in [3.8, 4) is 33.9 Å². The van der Waals surface area contributed by atoms with Crippen LogP contribution < -0.4 is 5.32 Å². The van der Waals surface area contributed by atoms with Crippen molar-refractivity contribution in [3.05, 3.63) is 35.8 Å². The summed E-state index contributed by atoms with van der Waals surface area (Å²) in [6.07, 6.45) is 3.15. The maximum Gasteiger partial charge on any atom is 0.274 e. The van der Waals surface area contributed by atoms with E-state index in [-0.39, 0.29) is 34.8 Å². The third-order valence-corrected chi connectivity index (χ3v) is 4.04. The van der Waals surface area contributed by atoms with Gasteiger partial charge in [0.05, 0.1) is 17.3 Å². The van der Waals surface area contributed by atoms with E-state index in [1.54, 1.807) is 25.4 Å². The van der Waals surface area contributed by atoms with Crippen LogP contribution in [0.3, 0.4) is 0 Å². The van der Waals surface area contributed by atoms with Crippen LogP contribution in [0.5, 0.6) is 11.5 Å². The first-order valence-corrected chi connectivity index (χ1v) is 8.27. The fourth-order valence-electron chi connectivity index (χ4n) is 2.77. The van der Waals surface area contributed by atoms with Crippen LogP contribution in [-0.2, 0) is 0 Å². The summed E-state index contributed by atoms with van der Waals surface area (Å²) in [5, 5.41) is 33.6. The van der Waals surface area contributed by atoms with Crippen LogP contribution in [0, 0.1) is 0 Å². The number of carbonyl (C=O) groups excluding carboxylic acids is 1. The molecule has 4 N–H and O–H groups in total. The molecule has 0 saturated carbocycles. The highest BCUT2D eigenvalue weighted by Crippen LogP contribution is 2.42. The van der Waals surface area contributed by atoms with E-state index in [1.165, 1.54) is 6.07 Å². The normalized spacial score (nSPS) is 11.1. The Labute approximate surface area is 149 Å². The van der Waals surface area contributed by atoms with Crippen LogP contribution in [0.15, 0.2) is 29.0 Å². The fourth-order valence-corrected chi connectivity index (χ4v) is 2.77. The van der Waals surface area contributed by atoms with Crippen molar-refractivity contribution in [2.45, 2.75) is 26.7 Å². The molecular weight excluding hydrogens is 336 g/mol. The van der Waals surface area contributed by atoms with Gasteiger partial charge >= 0.3 is 0 Å². The highest BCUT2D eigenvalue weighted by atomic mass is 16.5. The molecular formula is C18H20N4O4. The zero-order valence-electron chi connectivity index (χ0n) is 14.7. The van der Waals surface area contributed by atoms with E-state index in [9.17, 15) is 15.0 Å². The van der Waals surface area contributed by atoms with Crippen LogP contribution in [0.2, 0.25) is 0 Å². The minimum atomic E-state index is -0.388. The molecule has 0 bridgehead atoms. The topological polar surface area (TPSA) is 124 Å². The molecule has 0 atom stereocenters. The first kappa shape index (κ1) is 17.5. The lowest BCUT2D eigenvalue weighted by Gasteiger charge is -2.12. The van der Waals surface area contributed by atoms with Crippen molar-refractivity contribution < 1.29 is 19.5 Å². The highest BCUT2D eigenvalue weighted by Gasteiger charge is 2.27. The summed E-state index contributed by atoms with van der Waals surface area (Å²) >= 11 is 0. The lowest BCUT2D eigenvalue weighted by Crippen LogP contribution is -2.23. The third-order valence-electron chi connectivity index (χ3n) is 4.04. The van der Waals surface area contributed by atoms with Gasteiger partial charge in [-0.3, -0.25) is 9.89 Å². The number of phenols is 2. The number of H-pyrrole nitrogens is 1. The number of nitrogens with one attached hydrogen (secondary N) is 2. The Morgan fingerprint density at radius 1 is 1.31 bits per heavy atom. The number of aromatic nitrogens is 3. The number of amides is 1. The van der Waals surface area contributed by atoms with Crippen LogP contribution in [0.1, 0.15) is 42.7 Å². The van der Waals surface area contributed by atoms with E-state index in [1.807, 2.05) is 13.8 Å². The van der Waals surface area contributed by atoms with E-state index >= 15 is 0 Å². The number of aromatic amines is 1. The molecule has 2 aromatic heterocycles. The van der Waals surface area contributed by atoms with Gasteiger partial charge in [0.15, 0.2) is 11.5 Å². The number of hydrogen-bond acceptors (Lipinski definition) is 6. The molecule has 0 aliphatic rings.